The molecule has 4 nitrogen and oxygen atoms in total. The Bertz CT molecular complexity index is 632. The number of carbonyl (C=O) groups excluding carboxylic acids is 1. The molecule has 2 rings (SSSR count). The van der Waals surface area contributed by atoms with E-state index in [4.69, 9.17) is 9.47 Å². The largest absolute Gasteiger partial charge is 0.497 e. The minimum absolute atomic E-state index is 0.0164. The maximum Gasteiger partial charge on any atom is 0.257 e. The van der Waals surface area contributed by atoms with Crippen molar-refractivity contribution in [3.05, 3.63) is 54.3 Å². The zero-order valence-electron chi connectivity index (χ0n) is 13.5. The molecule has 0 fully saturated rings. The van der Waals surface area contributed by atoms with Gasteiger partial charge in [0.1, 0.15) is 17.3 Å². The molecule has 0 aliphatic rings. The molecule has 0 unspecified atom stereocenters. The lowest BCUT2D eigenvalue weighted by Crippen LogP contribution is -2.29. The fourth-order valence-corrected chi connectivity index (χ4v) is 2.75. The summed E-state index contributed by atoms with van der Waals surface area (Å²) in [6.07, 6.45) is 0.830. The second-order valence-corrected chi connectivity index (χ2v) is 6.14. The van der Waals surface area contributed by atoms with E-state index in [1.54, 1.807) is 55.3 Å². The molecule has 0 bridgehead atoms. The normalized spacial score (nSPS) is 10.2. The van der Waals surface area contributed by atoms with Crippen LogP contribution in [0.1, 0.15) is 6.42 Å². The van der Waals surface area contributed by atoms with E-state index in [0.29, 0.717) is 12.3 Å². The SMILES string of the molecule is COc1ccc(OCC(=O)NCCCSc2ccc(F)cc2)cc1. The van der Waals surface area contributed by atoms with Gasteiger partial charge in [-0.05, 0) is 60.7 Å². The molecular weight excluding hydrogens is 329 g/mol. The molecule has 2 aromatic carbocycles. The molecule has 0 saturated heterocycles. The van der Waals surface area contributed by atoms with Gasteiger partial charge < -0.3 is 14.8 Å². The Morgan fingerprint density at radius 2 is 1.75 bits per heavy atom. The number of carbonyl (C=O) groups is 1. The van der Waals surface area contributed by atoms with E-state index in [1.165, 1.54) is 12.1 Å². The molecule has 24 heavy (non-hydrogen) atoms. The molecular formula is C18H20FNO3S. The van der Waals surface area contributed by atoms with Gasteiger partial charge >= 0.3 is 0 Å². The zero-order chi connectivity index (χ0) is 17.2. The Morgan fingerprint density at radius 3 is 2.42 bits per heavy atom. The molecule has 2 aromatic rings. The van der Waals surface area contributed by atoms with E-state index in [0.717, 1.165) is 22.8 Å². The van der Waals surface area contributed by atoms with Gasteiger partial charge in [0.15, 0.2) is 6.61 Å². The molecule has 0 aromatic heterocycles. The van der Waals surface area contributed by atoms with Crippen LogP contribution in [-0.4, -0.2) is 31.9 Å². The lowest BCUT2D eigenvalue weighted by atomic mass is 10.3. The minimum Gasteiger partial charge on any atom is -0.497 e. The minimum atomic E-state index is -0.233. The Kier molecular flexibility index (Phi) is 7.42. The first kappa shape index (κ1) is 18.1. The van der Waals surface area contributed by atoms with Gasteiger partial charge in [-0.1, -0.05) is 0 Å². The second kappa shape index (κ2) is 9.82. The van der Waals surface area contributed by atoms with Crippen molar-refractivity contribution in [1.82, 2.24) is 5.32 Å². The second-order valence-electron chi connectivity index (χ2n) is 4.97. The average molecular weight is 349 g/mol. The van der Waals surface area contributed by atoms with E-state index in [9.17, 15) is 9.18 Å². The van der Waals surface area contributed by atoms with Gasteiger partial charge in [-0.2, -0.15) is 0 Å². The molecule has 0 spiro atoms. The molecule has 0 saturated carbocycles. The van der Waals surface area contributed by atoms with Crippen LogP contribution < -0.4 is 14.8 Å². The van der Waals surface area contributed by atoms with E-state index in [1.807, 2.05) is 0 Å². The summed E-state index contributed by atoms with van der Waals surface area (Å²) in [7, 11) is 1.59. The number of hydrogen-bond donors (Lipinski definition) is 1. The van der Waals surface area contributed by atoms with Gasteiger partial charge in [0.2, 0.25) is 0 Å². The number of thioether (sulfide) groups is 1. The van der Waals surface area contributed by atoms with Gasteiger partial charge in [-0.15, -0.1) is 11.8 Å². The Hall–Kier alpha value is -2.21. The Morgan fingerprint density at radius 1 is 1.08 bits per heavy atom. The number of nitrogens with one attached hydrogen (secondary N) is 1. The third kappa shape index (κ3) is 6.50. The molecule has 1 N–H and O–H groups in total. The van der Waals surface area contributed by atoms with Crippen LogP contribution in [0.15, 0.2) is 53.4 Å². The van der Waals surface area contributed by atoms with Crippen molar-refractivity contribution in [2.75, 3.05) is 26.0 Å². The number of benzene rings is 2. The van der Waals surface area contributed by atoms with E-state index in [-0.39, 0.29) is 18.3 Å². The fourth-order valence-electron chi connectivity index (χ4n) is 1.89. The van der Waals surface area contributed by atoms with Crippen molar-refractivity contribution in [2.45, 2.75) is 11.3 Å². The van der Waals surface area contributed by atoms with Crippen LogP contribution in [0.3, 0.4) is 0 Å². The Balaban J connectivity index is 1.56. The predicted octanol–water partition coefficient (Wildman–Crippen LogP) is 3.51. The highest BCUT2D eigenvalue weighted by molar-refractivity contribution is 7.99. The van der Waals surface area contributed by atoms with Crippen LogP contribution >= 0.6 is 11.8 Å². The zero-order valence-corrected chi connectivity index (χ0v) is 14.3. The predicted molar refractivity (Wildman–Crippen MR) is 93.2 cm³/mol. The molecule has 0 atom stereocenters. The summed E-state index contributed by atoms with van der Waals surface area (Å²) in [4.78, 5) is 12.7. The Labute approximate surface area is 145 Å². The van der Waals surface area contributed by atoms with Crippen molar-refractivity contribution >= 4 is 17.7 Å². The van der Waals surface area contributed by atoms with Gasteiger partial charge in [0, 0.05) is 11.4 Å². The highest BCUT2D eigenvalue weighted by Crippen LogP contribution is 2.18. The van der Waals surface area contributed by atoms with Crippen LogP contribution in [-0.2, 0) is 4.79 Å². The first-order valence-corrected chi connectivity index (χ1v) is 8.58. The van der Waals surface area contributed by atoms with E-state index in [2.05, 4.69) is 5.32 Å². The standard InChI is InChI=1S/C18H20FNO3S/c1-22-15-5-7-16(8-6-15)23-13-18(21)20-11-2-12-24-17-9-3-14(19)4-10-17/h3-10H,2,11-13H2,1H3,(H,20,21). The third-order valence-corrected chi connectivity index (χ3v) is 4.25. The van der Waals surface area contributed by atoms with E-state index < -0.39 is 0 Å². The molecule has 0 aliphatic heterocycles. The number of ether oxygens (including phenoxy) is 2. The summed E-state index contributed by atoms with van der Waals surface area (Å²) >= 11 is 1.63. The van der Waals surface area contributed by atoms with E-state index >= 15 is 0 Å². The van der Waals surface area contributed by atoms with Gasteiger partial charge in [-0.3, -0.25) is 4.79 Å². The van der Waals surface area contributed by atoms with Crippen LogP contribution in [0, 0.1) is 5.82 Å². The topological polar surface area (TPSA) is 47.6 Å². The molecule has 0 aliphatic carbocycles. The number of amides is 1. The summed E-state index contributed by atoms with van der Waals surface area (Å²) in [6, 6.07) is 13.5. The maximum absolute atomic E-state index is 12.8. The summed E-state index contributed by atoms with van der Waals surface area (Å²) in [6.45, 7) is 0.566. The van der Waals surface area contributed by atoms with Crippen molar-refractivity contribution < 1.29 is 18.7 Å². The van der Waals surface area contributed by atoms with Crippen LogP contribution in [0.5, 0.6) is 11.5 Å². The lowest BCUT2D eigenvalue weighted by Gasteiger charge is -2.08. The van der Waals surface area contributed by atoms with Crippen LogP contribution in [0.25, 0.3) is 0 Å². The number of halogens is 1. The summed E-state index contributed by atoms with van der Waals surface area (Å²) in [5.74, 6) is 1.83. The lowest BCUT2D eigenvalue weighted by molar-refractivity contribution is -0.123. The fraction of sp³-hybridized carbons (Fsp3) is 0.278. The highest BCUT2D eigenvalue weighted by atomic mass is 32.2. The van der Waals surface area contributed by atoms with Gasteiger partial charge in [0.25, 0.3) is 5.91 Å². The van der Waals surface area contributed by atoms with Crippen molar-refractivity contribution in [2.24, 2.45) is 0 Å². The first-order valence-electron chi connectivity index (χ1n) is 7.59. The smallest absolute Gasteiger partial charge is 0.257 e. The molecule has 6 heteroatoms. The molecule has 128 valence electrons. The molecule has 1 amide bonds. The van der Waals surface area contributed by atoms with Gasteiger partial charge in [-0.25, -0.2) is 4.39 Å². The number of rotatable bonds is 9. The van der Waals surface area contributed by atoms with Crippen molar-refractivity contribution in [3.63, 3.8) is 0 Å². The average Bonchev–Trinajstić information content (AvgIpc) is 2.61. The monoisotopic (exact) mass is 349 g/mol. The number of hydrogen-bond acceptors (Lipinski definition) is 4. The quantitative estimate of drug-likeness (QED) is 0.556. The first-order chi connectivity index (χ1) is 11.7. The maximum atomic E-state index is 12.8. The van der Waals surface area contributed by atoms with Gasteiger partial charge in [0.05, 0.1) is 7.11 Å². The molecule has 0 heterocycles. The summed E-state index contributed by atoms with van der Waals surface area (Å²) < 4.78 is 23.2. The highest BCUT2D eigenvalue weighted by Gasteiger charge is 2.03. The molecule has 0 radical (unpaired) electrons. The van der Waals surface area contributed by atoms with Crippen molar-refractivity contribution in [3.8, 4) is 11.5 Å². The summed E-state index contributed by atoms with van der Waals surface area (Å²) in [5.41, 5.74) is 0. The third-order valence-electron chi connectivity index (χ3n) is 3.16. The van der Waals surface area contributed by atoms with Crippen LogP contribution in [0.4, 0.5) is 4.39 Å². The van der Waals surface area contributed by atoms with Crippen molar-refractivity contribution in [1.29, 1.82) is 0 Å². The number of methoxy groups -OCH3 is 1. The van der Waals surface area contributed by atoms with Crippen LogP contribution in [0.2, 0.25) is 0 Å². The summed E-state index contributed by atoms with van der Waals surface area (Å²) in [5, 5.41) is 2.81.